The lowest BCUT2D eigenvalue weighted by Gasteiger charge is -2.18. The Hall–Kier alpha value is -2.10. The van der Waals surface area contributed by atoms with E-state index in [4.69, 9.17) is 9.47 Å². The molecule has 1 aromatic heterocycles. The summed E-state index contributed by atoms with van der Waals surface area (Å²) < 4.78 is 38.2. The minimum atomic E-state index is -3.59. The molecule has 0 saturated heterocycles. The Morgan fingerprint density at radius 1 is 1.03 bits per heavy atom. The SMILES string of the molecule is O=C(CCCCCNS(=O)(=O)c1ccc2c(c1)OCCO2)NCCc1cccs1. The number of hydrogen-bond acceptors (Lipinski definition) is 6. The standard InChI is InChI=1S/C20H26N2O5S2/c23-20(21-11-9-16-5-4-14-28-16)6-2-1-3-10-22-29(24,25)17-7-8-18-19(15-17)27-13-12-26-18/h4-5,7-8,14-15,22H,1-3,6,9-13H2,(H,21,23). The molecule has 3 rings (SSSR count). The number of nitrogens with one attached hydrogen (secondary N) is 2. The van der Waals surface area contributed by atoms with E-state index < -0.39 is 10.0 Å². The molecule has 1 amide bonds. The van der Waals surface area contributed by atoms with Gasteiger partial charge < -0.3 is 14.8 Å². The lowest BCUT2D eigenvalue weighted by atomic mass is 10.2. The molecule has 0 fully saturated rings. The molecule has 29 heavy (non-hydrogen) atoms. The van der Waals surface area contributed by atoms with Gasteiger partial charge in [0.15, 0.2) is 11.5 Å². The van der Waals surface area contributed by atoms with Crippen molar-refractivity contribution in [2.75, 3.05) is 26.3 Å². The zero-order chi connectivity index (χ0) is 20.5. The molecule has 158 valence electrons. The molecule has 1 aromatic carbocycles. The molecule has 1 aliphatic rings. The number of ether oxygens (including phenoxy) is 2. The molecule has 2 aromatic rings. The Balaban J connectivity index is 1.30. The van der Waals surface area contributed by atoms with Crippen molar-refractivity contribution in [3.8, 4) is 11.5 Å². The molecule has 0 saturated carbocycles. The number of carbonyl (C=O) groups excluding carboxylic acids is 1. The van der Waals surface area contributed by atoms with Crippen LogP contribution >= 0.6 is 11.3 Å². The van der Waals surface area contributed by atoms with Gasteiger partial charge in [-0.05, 0) is 42.8 Å². The van der Waals surface area contributed by atoms with Gasteiger partial charge in [0, 0.05) is 30.5 Å². The Morgan fingerprint density at radius 2 is 1.86 bits per heavy atom. The van der Waals surface area contributed by atoms with Gasteiger partial charge in [-0.25, -0.2) is 13.1 Å². The predicted octanol–water partition coefficient (Wildman–Crippen LogP) is 2.72. The first-order valence-corrected chi connectivity index (χ1v) is 12.1. The number of fused-ring (bicyclic) bond motifs is 1. The van der Waals surface area contributed by atoms with Gasteiger partial charge in [-0.15, -0.1) is 11.3 Å². The van der Waals surface area contributed by atoms with Crippen LogP contribution in [-0.2, 0) is 21.2 Å². The molecule has 2 N–H and O–H groups in total. The number of thiophene rings is 1. The van der Waals surface area contributed by atoms with Crippen LogP contribution in [0.25, 0.3) is 0 Å². The highest BCUT2D eigenvalue weighted by atomic mass is 32.2. The molecule has 0 atom stereocenters. The Kier molecular flexibility index (Phi) is 7.91. The van der Waals surface area contributed by atoms with Gasteiger partial charge in [0.25, 0.3) is 0 Å². The summed E-state index contributed by atoms with van der Waals surface area (Å²) in [6.45, 7) is 1.85. The fourth-order valence-corrected chi connectivity index (χ4v) is 4.73. The summed E-state index contributed by atoms with van der Waals surface area (Å²) in [4.78, 5) is 13.2. The number of amides is 1. The molecule has 9 heteroatoms. The summed E-state index contributed by atoms with van der Waals surface area (Å²) in [5.41, 5.74) is 0. The third kappa shape index (κ3) is 6.73. The zero-order valence-electron chi connectivity index (χ0n) is 16.2. The Bertz CT molecular complexity index is 898. The van der Waals surface area contributed by atoms with Crippen LogP contribution in [0, 0.1) is 0 Å². The van der Waals surface area contributed by atoms with Crippen molar-refractivity contribution in [1.82, 2.24) is 10.0 Å². The molecule has 0 aliphatic carbocycles. The van der Waals surface area contributed by atoms with Crippen LogP contribution < -0.4 is 19.5 Å². The second kappa shape index (κ2) is 10.6. The van der Waals surface area contributed by atoms with Crippen LogP contribution in [0.15, 0.2) is 40.6 Å². The maximum Gasteiger partial charge on any atom is 0.240 e. The smallest absolute Gasteiger partial charge is 0.240 e. The zero-order valence-corrected chi connectivity index (χ0v) is 17.8. The molecule has 1 aliphatic heterocycles. The van der Waals surface area contributed by atoms with Crippen molar-refractivity contribution >= 4 is 27.3 Å². The molecule has 0 radical (unpaired) electrons. The summed E-state index contributed by atoms with van der Waals surface area (Å²) in [7, 11) is -3.59. The highest BCUT2D eigenvalue weighted by Crippen LogP contribution is 2.32. The fourth-order valence-electron chi connectivity index (χ4n) is 2.94. The third-order valence-corrected chi connectivity index (χ3v) is 6.87. The third-order valence-electron chi connectivity index (χ3n) is 4.47. The van der Waals surface area contributed by atoms with E-state index in [1.54, 1.807) is 17.4 Å². The molecular weight excluding hydrogens is 412 g/mol. The first-order valence-electron chi connectivity index (χ1n) is 9.73. The van der Waals surface area contributed by atoms with Crippen LogP contribution in [0.4, 0.5) is 0 Å². The first kappa shape index (κ1) is 21.6. The highest BCUT2D eigenvalue weighted by molar-refractivity contribution is 7.89. The van der Waals surface area contributed by atoms with E-state index in [1.165, 1.54) is 17.0 Å². The van der Waals surface area contributed by atoms with Gasteiger partial charge in [0.2, 0.25) is 15.9 Å². The van der Waals surface area contributed by atoms with E-state index in [0.29, 0.717) is 50.6 Å². The number of unbranched alkanes of at least 4 members (excludes halogenated alkanes) is 2. The molecule has 7 nitrogen and oxygen atoms in total. The topological polar surface area (TPSA) is 93.7 Å². The second-order valence-electron chi connectivity index (χ2n) is 6.69. The summed E-state index contributed by atoms with van der Waals surface area (Å²) in [5.74, 6) is 1.05. The average Bonchev–Trinajstić information content (AvgIpc) is 3.23. The lowest BCUT2D eigenvalue weighted by Crippen LogP contribution is -2.26. The number of benzene rings is 1. The van der Waals surface area contributed by atoms with Gasteiger partial charge in [0.05, 0.1) is 4.90 Å². The van der Waals surface area contributed by atoms with E-state index in [2.05, 4.69) is 16.1 Å². The first-order chi connectivity index (χ1) is 14.0. The molecule has 0 bridgehead atoms. The van der Waals surface area contributed by atoms with E-state index in [9.17, 15) is 13.2 Å². The van der Waals surface area contributed by atoms with Crippen molar-refractivity contribution in [2.24, 2.45) is 0 Å². The number of hydrogen-bond donors (Lipinski definition) is 2. The average molecular weight is 439 g/mol. The van der Waals surface area contributed by atoms with Crippen molar-refractivity contribution in [2.45, 2.75) is 37.0 Å². The van der Waals surface area contributed by atoms with E-state index in [1.807, 2.05) is 11.4 Å². The van der Waals surface area contributed by atoms with Crippen molar-refractivity contribution in [3.63, 3.8) is 0 Å². The van der Waals surface area contributed by atoms with E-state index >= 15 is 0 Å². The monoisotopic (exact) mass is 438 g/mol. The minimum absolute atomic E-state index is 0.0402. The van der Waals surface area contributed by atoms with Crippen LogP contribution in [-0.4, -0.2) is 40.6 Å². The fraction of sp³-hybridized carbons (Fsp3) is 0.450. The minimum Gasteiger partial charge on any atom is -0.486 e. The van der Waals surface area contributed by atoms with E-state index in [0.717, 1.165) is 19.3 Å². The summed E-state index contributed by atoms with van der Waals surface area (Å²) in [6.07, 6.45) is 3.50. The van der Waals surface area contributed by atoms with Crippen LogP contribution in [0.1, 0.15) is 30.6 Å². The molecule has 0 unspecified atom stereocenters. The van der Waals surface area contributed by atoms with Gasteiger partial charge in [-0.3, -0.25) is 4.79 Å². The maximum atomic E-state index is 12.4. The van der Waals surface area contributed by atoms with Crippen molar-refractivity contribution < 1.29 is 22.7 Å². The normalized spacial score (nSPS) is 13.2. The van der Waals surface area contributed by atoms with Crippen LogP contribution in [0.3, 0.4) is 0 Å². The van der Waals surface area contributed by atoms with Gasteiger partial charge in [0.1, 0.15) is 13.2 Å². The molecule has 0 spiro atoms. The summed E-state index contributed by atoms with van der Waals surface area (Å²) in [6, 6.07) is 8.67. The van der Waals surface area contributed by atoms with Gasteiger partial charge in [-0.1, -0.05) is 12.5 Å². The quantitative estimate of drug-likeness (QED) is 0.526. The summed E-state index contributed by atoms with van der Waals surface area (Å²) in [5, 5.41) is 4.94. The highest BCUT2D eigenvalue weighted by Gasteiger charge is 2.18. The predicted molar refractivity (Wildman–Crippen MR) is 112 cm³/mol. The number of rotatable bonds is 11. The van der Waals surface area contributed by atoms with E-state index in [-0.39, 0.29) is 10.8 Å². The Morgan fingerprint density at radius 3 is 2.66 bits per heavy atom. The van der Waals surface area contributed by atoms with Crippen LogP contribution in [0.2, 0.25) is 0 Å². The largest absolute Gasteiger partial charge is 0.486 e. The number of carbonyl (C=O) groups is 1. The van der Waals surface area contributed by atoms with Gasteiger partial charge >= 0.3 is 0 Å². The maximum absolute atomic E-state index is 12.4. The van der Waals surface area contributed by atoms with Crippen molar-refractivity contribution in [3.05, 3.63) is 40.6 Å². The molecular formula is C20H26N2O5S2. The second-order valence-corrected chi connectivity index (χ2v) is 9.49. The Labute approximate surface area is 175 Å². The van der Waals surface area contributed by atoms with Crippen molar-refractivity contribution in [1.29, 1.82) is 0 Å². The lowest BCUT2D eigenvalue weighted by molar-refractivity contribution is -0.121. The van der Waals surface area contributed by atoms with Gasteiger partial charge in [-0.2, -0.15) is 0 Å². The summed E-state index contributed by atoms with van der Waals surface area (Å²) >= 11 is 1.69. The molecule has 2 heterocycles. The van der Waals surface area contributed by atoms with Crippen LogP contribution in [0.5, 0.6) is 11.5 Å². The number of sulfonamides is 1.